The van der Waals surface area contributed by atoms with Gasteiger partial charge in [-0.05, 0) is 12.1 Å². The summed E-state index contributed by atoms with van der Waals surface area (Å²) in [5.41, 5.74) is 0.615. The zero-order chi connectivity index (χ0) is 15.9. The number of nitrogens with zero attached hydrogens (tertiary/aromatic N) is 5. The van der Waals surface area contributed by atoms with E-state index < -0.39 is 17.6 Å². The maximum absolute atomic E-state index is 12.8. The molecule has 0 saturated heterocycles. The lowest BCUT2D eigenvalue weighted by molar-refractivity contribution is -0.141. The van der Waals surface area contributed by atoms with Gasteiger partial charge in [-0.3, -0.25) is 10.1 Å². The van der Waals surface area contributed by atoms with Gasteiger partial charge in [-0.15, -0.1) is 0 Å². The van der Waals surface area contributed by atoms with Crippen molar-refractivity contribution >= 4 is 16.9 Å². The molecule has 22 heavy (non-hydrogen) atoms. The molecule has 7 nitrogen and oxygen atoms in total. The molecule has 1 N–H and O–H groups in total. The van der Waals surface area contributed by atoms with Crippen LogP contribution in [0.5, 0.6) is 0 Å². The van der Waals surface area contributed by atoms with E-state index in [0.717, 1.165) is 10.7 Å². The number of aryl methyl sites for hydroxylation is 1. The first kappa shape index (κ1) is 14.0. The number of rotatable bonds is 2. The number of anilines is 1. The lowest BCUT2D eigenvalue weighted by Crippen LogP contribution is -2.30. The van der Waals surface area contributed by atoms with Crippen molar-refractivity contribution in [3.63, 3.8) is 0 Å². The molecule has 0 aromatic carbocycles. The second kappa shape index (κ2) is 4.83. The van der Waals surface area contributed by atoms with Gasteiger partial charge in [0.2, 0.25) is 0 Å². The number of hydrogen-bond acceptors (Lipinski definition) is 5. The Morgan fingerprint density at radius 3 is 2.64 bits per heavy atom. The topological polar surface area (TPSA) is 77.6 Å². The van der Waals surface area contributed by atoms with Crippen molar-refractivity contribution in [1.82, 2.24) is 24.4 Å². The number of halogens is 3. The molecule has 0 aliphatic rings. The van der Waals surface area contributed by atoms with E-state index in [-0.39, 0.29) is 5.65 Å². The van der Waals surface area contributed by atoms with Crippen molar-refractivity contribution in [3.05, 3.63) is 46.8 Å². The minimum absolute atomic E-state index is 0.170. The molecule has 10 heteroatoms. The Morgan fingerprint density at radius 2 is 2.00 bits per heavy atom. The molecule has 0 aliphatic heterocycles. The van der Waals surface area contributed by atoms with Crippen molar-refractivity contribution in [2.45, 2.75) is 6.18 Å². The van der Waals surface area contributed by atoms with Gasteiger partial charge in [-0.1, -0.05) is 0 Å². The van der Waals surface area contributed by atoms with Crippen LogP contribution >= 0.6 is 0 Å². The summed E-state index contributed by atoms with van der Waals surface area (Å²) in [6, 6.07) is 3.60. The summed E-state index contributed by atoms with van der Waals surface area (Å²) in [7, 11) is 1.61. The normalized spacial score (nSPS) is 11.8. The summed E-state index contributed by atoms with van der Waals surface area (Å²) < 4.78 is 40.6. The fraction of sp³-hybridized carbons (Fsp3) is 0.167. The standard InChI is InChI=1S/C12H9F3N6O/c1-20-9(4-5-17-20)19-21-10-7(6-16-11(21)22)2-3-8(18-10)12(13,14)15/h2-6,19H,1H3. The number of nitrogens with one attached hydrogen (secondary N) is 1. The molecule has 0 radical (unpaired) electrons. The molecular formula is C12H9F3N6O. The van der Waals surface area contributed by atoms with E-state index in [4.69, 9.17) is 0 Å². The number of pyridine rings is 1. The van der Waals surface area contributed by atoms with Gasteiger partial charge in [0.25, 0.3) is 0 Å². The Kier molecular flexibility index (Phi) is 3.08. The van der Waals surface area contributed by atoms with Gasteiger partial charge in [-0.25, -0.2) is 9.78 Å². The second-order valence-corrected chi connectivity index (χ2v) is 4.44. The first-order valence-electron chi connectivity index (χ1n) is 6.07. The molecule has 0 fully saturated rings. The number of hydrogen-bond donors (Lipinski definition) is 1. The maximum Gasteiger partial charge on any atom is 0.433 e. The third kappa shape index (κ3) is 2.38. The van der Waals surface area contributed by atoms with Crippen molar-refractivity contribution in [2.24, 2.45) is 7.05 Å². The van der Waals surface area contributed by atoms with Gasteiger partial charge in [0.1, 0.15) is 11.5 Å². The van der Waals surface area contributed by atoms with E-state index in [2.05, 4.69) is 20.5 Å². The predicted molar refractivity (Wildman–Crippen MR) is 71.0 cm³/mol. The third-order valence-electron chi connectivity index (χ3n) is 2.96. The van der Waals surface area contributed by atoms with E-state index in [0.29, 0.717) is 11.2 Å². The minimum Gasteiger partial charge on any atom is -0.272 e. The molecule has 114 valence electrons. The van der Waals surface area contributed by atoms with Gasteiger partial charge < -0.3 is 0 Å². The minimum atomic E-state index is -4.61. The highest BCUT2D eigenvalue weighted by Crippen LogP contribution is 2.28. The number of aromatic nitrogens is 5. The molecule has 3 aromatic heterocycles. The molecule has 3 aromatic rings. The van der Waals surface area contributed by atoms with Gasteiger partial charge >= 0.3 is 11.9 Å². The second-order valence-electron chi connectivity index (χ2n) is 4.44. The zero-order valence-electron chi connectivity index (χ0n) is 11.2. The quantitative estimate of drug-likeness (QED) is 0.774. The smallest absolute Gasteiger partial charge is 0.272 e. The maximum atomic E-state index is 12.8. The Hall–Kier alpha value is -2.91. The highest BCUT2D eigenvalue weighted by atomic mass is 19.4. The van der Waals surface area contributed by atoms with E-state index in [9.17, 15) is 18.0 Å². The molecule has 0 spiro atoms. The average Bonchev–Trinajstić information content (AvgIpc) is 2.86. The van der Waals surface area contributed by atoms with Crippen molar-refractivity contribution in [3.8, 4) is 0 Å². The van der Waals surface area contributed by atoms with Crippen LogP contribution in [0.15, 0.2) is 35.4 Å². The SMILES string of the molecule is Cn1nccc1Nn1c(=O)ncc2ccc(C(F)(F)F)nc21. The van der Waals surface area contributed by atoms with Crippen LogP contribution in [0, 0.1) is 0 Å². The molecule has 0 amide bonds. The van der Waals surface area contributed by atoms with Crippen LogP contribution in [0.2, 0.25) is 0 Å². The summed E-state index contributed by atoms with van der Waals surface area (Å²) in [4.78, 5) is 19.0. The summed E-state index contributed by atoms with van der Waals surface area (Å²) in [6.45, 7) is 0. The van der Waals surface area contributed by atoms with E-state index in [1.54, 1.807) is 13.1 Å². The number of fused-ring (bicyclic) bond motifs is 1. The molecule has 0 saturated carbocycles. The van der Waals surface area contributed by atoms with Gasteiger partial charge in [0.15, 0.2) is 5.65 Å². The van der Waals surface area contributed by atoms with E-state index >= 15 is 0 Å². The molecular weight excluding hydrogens is 301 g/mol. The van der Waals surface area contributed by atoms with Gasteiger partial charge in [0.05, 0.1) is 6.20 Å². The van der Waals surface area contributed by atoms with Crippen molar-refractivity contribution in [2.75, 3.05) is 5.43 Å². The monoisotopic (exact) mass is 310 g/mol. The van der Waals surface area contributed by atoms with Crippen LogP contribution < -0.4 is 11.1 Å². The summed E-state index contributed by atoms with van der Waals surface area (Å²) in [6.07, 6.45) is -1.96. The van der Waals surface area contributed by atoms with Crippen molar-refractivity contribution < 1.29 is 13.2 Å². The van der Waals surface area contributed by atoms with Crippen molar-refractivity contribution in [1.29, 1.82) is 0 Å². The molecule has 0 bridgehead atoms. The van der Waals surface area contributed by atoms with E-state index in [1.807, 2.05) is 0 Å². The number of alkyl halides is 3. The zero-order valence-corrected chi connectivity index (χ0v) is 11.2. The van der Waals surface area contributed by atoms with Gasteiger partial charge in [0, 0.05) is 24.7 Å². The molecule has 3 heterocycles. The Bertz CT molecular complexity index is 898. The largest absolute Gasteiger partial charge is 0.433 e. The Balaban J connectivity index is 2.21. The first-order chi connectivity index (χ1) is 10.4. The highest BCUT2D eigenvalue weighted by molar-refractivity contribution is 5.74. The highest BCUT2D eigenvalue weighted by Gasteiger charge is 2.32. The predicted octanol–water partition coefficient (Wildman–Crippen LogP) is 1.42. The first-order valence-corrected chi connectivity index (χ1v) is 6.07. The Morgan fingerprint density at radius 1 is 1.23 bits per heavy atom. The fourth-order valence-corrected chi connectivity index (χ4v) is 1.87. The fourth-order valence-electron chi connectivity index (χ4n) is 1.87. The molecule has 0 atom stereocenters. The molecule has 3 rings (SSSR count). The van der Waals surface area contributed by atoms with Crippen LogP contribution in [0.4, 0.5) is 19.0 Å². The van der Waals surface area contributed by atoms with Crippen LogP contribution in [-0.2, 0) is 13.2 Å². The lowest BCUT2D eigenvalue weighted by Gasteiger charge is -2.12. The lowest BCUT2D eigenvalue weighted by atomic mass is 10.3. The summed E-state index contributed by atoms with van der Waals surface area (Å²) in [5, 5.41) is 4.19. The van der Waals surface area contributed by atoms with E-state index in [1.165, 1.54) is 23.1 Å². The van der Waals surface area contributed by atoms with Crippen LogP contribution in [0.1, 0.15) is 5.69 Å². The molecule has 0 unspecified atom stereocenters. The Labute approximate surface area is 121 Å². The summed E-state index contributed by atoms with van der Waals surface area (Å²) >= 11 is 0. The van der Waals surface area contributed by atoms with Crippen LogP contribution in [0.25, 0.3) is 11.0 Å². The third-order valence-corrected chi connectivity index (χ3v) is 2.96. The van der Waals surface area contributed by atoms with Crippen LogP contribution in [0.3, 0.4) is 0 Å². The molecule has 0 aliphatic carbocycles. The van der Waals surface area contributed by atoms with Crippen LogP contribution in [-0.4, -0.2) is 24.4 Å². The summed E-state index contributed by atoms with van der Waals surface area (Å²) in [5.74, 6) is 0.399. The van der Waals surface area contributed by atoms with Gasteiger partial charge in [-0.2, -0.15) is 27.9 Å². The average molecular weight is 310 g/mol.